The highest BCUT2D eigenvalue weighted by molar-refractivity contribution is 6.03. The summed E-state index contributed by atoms with van der Waals surface area (Å²) in [5, 5.41) is 4.59. The van der Waals surface area contributed by atoms with E-state index in [4.69, 9.17) is 15.2 Å². The van der Waals surface area contributed by atoms with Crippen molar-refractivity contribution in [2.24, 2.45) is 5.73 Å². The molecule has 0 radical (unpaired) electrons. The molecule has 3 aliphatic rings. The minimum Gasteiger partial charge on any atom is -0.490 e. The molecule has 1 saturated carbocycles. The van der Waals surface area contributed by atoms with Crippen LogP contribution in [0.5, 0.6) is 5.75 Å². The molecule has 5 rings (SSSR count). The summed E-state index contributed by atoms with van der Waals surface area (Å²) in [6.07, 6.45) is 4.42. The fourth-order valence-electron chi connectivity index (χ4n) is 3.92. The first-order valence-corrected chi connectivity index (χ1v) is 9.20. The van der Waals surface area contributed by atoms with Gasteiger partial charge in [-0.2, -0.15) is 0 Å². The Kier molecular flexibility index (Phi) is 3.60. The minimum atomic E-state index is -0.503. The van der Waals surface area contributed by atoms with Gasteiger partial charge in [-0.1, -0.05) is 0 Å². The average molecular weight is 368 g/mol. The van der Waals surface area contributed by atoms with Crippen LogP contribution in [-0.4, -0.2) is 48.3 Å². The third-order valence-electron chi connectivity index (χ3n) is 5.58. The molecule has 2 amide bonds. The molecular formula is C19H20N4O4. The Morgan fingerprint density at radius 1 is 1.33 bits per heavy atom. The molecule has 0 unspecified atom stereocenters. The molecule has 1 aromatic heterocycles. The highest BCUT2D eigenvalue weighted by Crippen LogP contribution is 2.35. The first kappa shape index (κ1) is 16.2. The molecule has 8 heteroatoms. The Balaban J connectivity index is 1.54. The number of primary amides is 1. The maximum absolute atomic E-state index is 11.9. The molecule has 3 fully saturated rings. The number of hydrogen-bond donors (Lipinski definition) is 2. The van der Waals surface area contributed by atoms with E-state index in [0.717, 1.165) is 35.9 Å². The molecule has 3 N–H and O–H groups in total. The van der Waals surface area contributed by atoms with Gasteiger partial charge in [-0.15, -0.1) is 0 Å². The van der Waals surface area contributed by atoms with Gasteiger partial charge in [0.15, 0.2) is 0 Å². The molecule has 8 nitrogen and oxygen atoms in total. The summed E-state index contributed by atoms with van der Waals surface area (Å²) in [5.74, 6) is 0.795. The van der Waals surface area contributed by atoms with Crippen LogP contribution in [0.15, 0.2) is 24.4 Å². The maximum Gasteiger partial charge on any atom is 0.407 e. The van der Waals surface area contributed by atoms with Gasteiger partial charge in [0.1, 0.15) is 17.7 Å². The molecular weight excluding hydrogens is 348 g/mol. The summed E-state index contributed by atoms with van der Waals surface area (Å²) < 4.78 is 11.3. The number of alkyl carbamates (subject to hydrolysis) is 1. The Morgan fingerprint density at radius 3 is 2.89 bits per heavy atom. The van der Waals surface area contributed by atoms with Crippen LogP contribution in [0.2, 0.25) is 0 Å². The van der Waals surface area contributed by atoms with E-state index in [9.17, 15) is 9.59 Å². The number of hydrogen-bond acceptors (Lipinski definition) is 6. The van der Waals surface area contributed by atoms with Gasteiger partial charge in [0.2, 0.25) is 0 Å². The van der Waals surface area contributed by atoms with Gasteiger partial charge in [-0.3, -0.25) is 4.79 Å². The Labute approximate surface area is 155 Å². The maximum atomic E-state index is 11.9. The van der Waals surface area contributed by atoms with Gasteiger partial charge in [0.05, 0.1) is 24.3 Å². The van der Waals surface area contributed by atoms with E-state index >= 15 is 0 Å². The number of pyridine rings is 1. The van der Waals surface area contributed by atoms with Crippen molar-refractivity contribution in [3.8, 4) is 5.75 Å². The number of amides is 2. The van der Waals surface area contributed by atoms with E-state index in [1.807, 2.05) is 12.1 Å². The van der Waals surface area contributed by atoms with Crippen LogP contribution >= 0.6 is 0 Å². The predicted molar refractivity (Wildman–Crippen MR) is 97.9 cm³/mol. The number of anilines is 1. The number of fused-ring (bicyclic) bond motifs is 2. The van der Waals surface area contributed by atoms with E-state index in [0.29, 0.717) is 24.4 Å². The number of ether oxygens (including phenoxy) is 2. The number of nitrogens with two attached hydrogens (primary N) is 1. The first-order valence-electron chi connectivity index (χ1n) is 9.20. The van der Waals surface area contributed by atoms with Crippen LogP contribution in [-0.2, 0) is 4.74 Å². The molecule has 2 aromatic rings. The van der Waals surface area contributed by atoms with Gasteiger partial charge in [-0.05, 0) is 42.8 Å². The zero-order chi connectivity index (χ0) is 18.5. The lowest BCUT2D eigenvalue weighted by atomic mass is 9.96. The fourth-order valence-corrected chi connectivity index (χ4v) is 3.92. The summed E-state index contributed by atoms with van der Waals surface area (Å²) in [7, 11) is 0. The molecule has 2 saturated heterocycles. The van der Waals surface area contributed by atoms with Crippen LogP contribution in [0, 0.1) is 0 Å². The lowest BCUT2D eigenvalue weighted by Crippen LogP contribution is -2.32. The Morgan fingerprint density at radius 2 is 2.19 bits per heavy atom. The van der Waals surface area contributed by atoms with Crippen molar-refractivity contribution in [2.45, 2.75) is 37.5 Å². The highest BCUT2D eigenvalue weighted by Gasteiger charge is 2.42. The SMILES string of the molecule is NC(=O)c1cc2ccnc(N3C[C@@H]4OC(=O)N[C@@H]4C3)c2cc1OC1CCC1. The zero-order valence-electron chi connectivity index (χ0n) is 14.7. The summed E-state index contributed by atoms with van der Waals surface area (Å²) in [6, 6.07) is 5.45. The molecule has 0 spiro atoms. The lowest BCUT2D eigenvalue weighted by Gasteiger charge is -2.27. The van der Waals surface area contributed by atoms with Gasteiger partial charge in [0.25, 0.3) is 5.91 Å². The summed E-state index contributed by atoms with van der Waals surface area (Å²) >= 11 is 0. The lowest BCUT2D eigenvalue weighted by molar-refractivity contribution is 0.0972. The second-order valence-electron chi connectivity index (χ2n) is 7.34. The van der Waals surface area contributed by atoms with Crippen LogP contribution < -0.4 is 20.7 Å². The molecule has 0 bridgehead atoms. The number of nitrogens with one attached hydrogen (secondary N) is 1. The number of aromatic nitrogens is 1. The van der Waals surface area contributed by atoms with Crippen molar-refractivity contribution >= 4 is 28.6 Å². The van der Waals surface area contributed by atoms with Crippen molar-refractivity contribution < 1.29 is 19.1 Å². The summed E-state index contributed by atoms with van der Waals surface area (Å²) in [4.78, 5) is 29.9. The third-order valence-corrected chi connectivity index (χ3v) is 5.58. The number of rotatable bonds is 4. The van der Waals surface area contributed by atoms with E-state index in [2.05, 4.69) is 15.2 Å². The van der Waals surface area contributed by atoms with Gasteiger partial charge in [-0.25, -0.2) is 9.78 Å². The highest BCUT2D eigenvalue weighted by atomic mass is 16.6. The molecule has 2 aliphatic heterocycles. The molecule has 2 atom stereocenters. The quantitative estimate of drug-likeness (QED) is 0.848. The van der Waals surface area contributed by atoms with Gasteiger partial charge < -0.3 is 25.4 Å². The zero-order valence-corrected chi connectivity index (χ0v) is 14.7. The first-order chi connectivity index (χ1) is 13.1. The smallest absolute Gasteiger partial charge is 0.407 e. The van der Waals surface area contributed by atoms with Crippen molar-refractivity contribution in [1.29, 1.82) is 0 Å². The molecule has 27 heavy (non-hydrogen) atoms. The van der Waals surface area contributed by atoms with Crippen LogP contribution in [0.3, 0.4) is 0 Å². The normalized spacial score (nSPS) is 24.3. The van der Waals surface area contributed by atoms with E-state index in [-0.39, 0.29) is 24.3 Å². The van der Waals surface area contributed by atoms with E-state index in [1.165, 1.54) is 0 Å². The molecule has 1 aliphatic carbocycles. The minimum absolute atomic E-state index is 0.0369. The standard InChI is InChI=1S/C19H20N4O4/c20-17(24)13-6-10-4-5-21-18(12(10)7-15(13)26-11-2-1-3-11)23-8-14-16(9-23)27-19(25)22-14/h4-7,11,14,16H,1-3,8-9H2,(H2,20,24)(H,22,25)/t14-,16+/m1/s1. The second-order valence-corrected chi connectivity index (χ2v) is 7.34. The average Bonchev–Trinajstić information content (AvgIpc) is 3.14. The summed E-state index contributed by atoms with van der Waals surface area (Å²) in [5.41, 5.74) is 5.96. The Bertz CT molecular complexity index is 927. The van der Waals surface area contributed by atoms with Crippen molar-refractivity contribution in [3.63, 3.8) is 0 Å². The number of carbonyl (C=O) groups is 2. The number of nitrogens with zero attached hydrogens (tertiary/aromatic N) is 2. The van der Waals surface area contributed by atoms with Crippen LogP contribution in [0.1, 0.15) is 29.6 Å². The summed E-state index contributed by atoms with van der Waals surface area (Å²) in [6.45, 7) is 1.20. The number of benzene rings is 1. The van der Waals surface area contributed by atoms with E-state index < -0.39 is 5.91 Å². The predicted octanol–water partition coefficient (Wildman–Crippen LogP) is 1.56. The topological polar surface area (TPSA) is 107 Å². The molecule has 140 valence electrons. The third kappa shape index (κ3) is 2.72. The van der Waals surface area contributed by atoms with Crippen molar-refractivity contribution in [2.75, 3.05) is 18.0 Å². The number of carbonyl (C=O) groups excluding carboxylic acids is 2. The van der Waals surface area contributed by atoms with E-state index in [1.54, 1.807) is 12.3 Å². The monoisotopic (exact) mass is 368 g/mol. The van der Waals surface area contributed by atoms with Gasteiger partial charge >= 0.3 is 6.09 Å². The fraction of sp³-hybridized carbons (Fsp3) is 0.421. The van der Waals surface area contributed by atoms with Crippen LogP contribution in [0.25, 0.3) is 10.8 Å². The second kappa shape index (κ2) is 6.00. The van der Waals surface area contributed by atoms with Crippen molar-refractivity contribution in [1.82, 2.24) is 10.3 Å². The molecule has 3 heterocycles. The van der Waals surface area contributed by atoms with Crippen molar-refractivity contribution in [3.05, 3.63) is 30.0 Å². The largest absolute Gasteiger partial charge is 0.490 e. The van der Waals surface area contributed by atoms with Gasteiger partial charge in [0, 0.05) is 18.1 Å². The Hall–Kier alpha value is -3.03. The molecule has 1 aromatic carbocycles. The van der Waals surface area contributed by atoms with Crippen LogP contribution in [0.4, 0.5) is 10.6 Å².